The Morgan fingerprint density at radius 2 is 2.00 bits per heavy atom. The van der Waals surface area contributed by atoms with Gasteiger partial charge in [0.1, 0.15) is 24.2 Å². The molecule has 4 rings (SSSR count). The highest BCUT2D eigenvalue weighted by Crippen LogP contribution is 2.37. The fourth-order valence-electron chi connectivity index (χ4n) is 4.82. The van der Waals surface area contributed by atoms with Crippen LogP contribution in [0.4, 0.5) is 22.4 Å². The second-order valence-electron chi connectivity index (χ2n) is 9.50. The van der Waals surface area contributed by atoms with Gasteiger partial charge in [-0.2, -0.15) is 18.3 Å². The maximum atomic E-state index is 15.3. The number of nitrogens with zero attached hydrogens (tertiary/aromatic N) is 3. The Balaban J connectivity index is 1.33. The van der Waals surface area contributed by atoms with E-state index in [0.29, 0.717) is 17.5 Å². The van der Waals surface area contributed by atoms with E-state index in [-0.39, 0.29) is 55.9 Å². The molecule has 1 aromatic heterocycles. The SMILES string of the molecule is CNC(=O)C(CCC=O)N1Cc2ccc(CNC(=O)OC3CC(n4nc(C(F)(F)F)cc4C)C3)c(F)c2C1=O. The number of ether oxygens (including phenoxy) is 1. The molecule has 0 saturated heterocycles. The maximum absolute atomic E-state index is 15.3. The topological polar surface area (TPSA) is 123 Å². The van der Waals surface area contributed by atoms with Crippen molar-refractivity contribution >= 4 is 24.2 Å². The Kier molecular flexibility index (Phi) is 7.93. The van der Waals surface area contributed by atoms with E-state index in [4.69, 9.17) is 4.74 Å². The summed E-state index contributed by atoms with van der Waals surface area (Å²) in [6, 6.07) is 2.64. The molecule has 1 aliphatic carbocycles. The van der Waals surface area contributed by atoms with E-state index in [1.165, 1.54) is 35.7 Å². The quantitative estimate of drug-likeness (QED) is 0.364. The normalized spacial score (nSPS) is 19.2. The van der Waals surface area contributed by atoms with Crippen molar-refractivity contribution in [2.75, 3.05) is 7.05 Å². The van der Waals surface area contributed by atoms with Crippen LogP contribution in [-0.4, -0.2) is 58.1 Å². The minimum atomic E-state index is -4.55. The van der Waals surface area contributed by atoms with Crippen LogP contribution in [-0.2, 0) is 33.6 Å². The fourth-order valence-corrected chi connectivity index (χ4v) is 4.82. The summed E-state index contributed by atoms with van der Waals surface area (Å²) in [4.78, 5) is 49.5. The Bertz CT molecular complexity index is 1290. The summed E-state index contributed by atoms with van der Waals surface area (Å²) in [6.45, 7) is 1.24. The van der Waals surface area contributed by atoms with E-state index >= 15 is 4.39 Å². The Labute approximate surface area is 220 Å². The third-order valence-corrected chi connectivity index (χ3v) is 6.93. The molecule has 0 radical (unpaired) electrons. The van der Waals surface area contributed by atoms with Gasteiger partial charge < -0.3 is 25.1 Å². The highest BCUT2D eigenvalue weighted by molar-refractivity contribution is 6.01. The number of likely N-dealkylation sites (N-methyl/N-ethyl adjacent to an activating group) is 1. The number of fused-ring (bicyclic) bond motifs is 1. The summed E-state index contributed by atoms with van der Waals surface area (Å²) < 4.78 is 60.4. The van der Waals surface area contributed by atoms with Crippen LogP contribution < -0.4 is 10.6 Å². The third kappa shape index (κ3) is 5.73. The molecular weight excluding hydrogens is 526 g/mol. The number of rotatable bonds is 9. The molecule has 3 amide bonds. The minimum Gasteiger partial charge on any atom is -0.446 e. The summed E-state index contributed by atoms with van der Waals surface area (Å²) >= 11 is 0. The predicted molar refractivity (Wildman–Crippen MR) is 127 cm³/mol. The van der Waals surface area contributed by atoms with Gasteiger partial charge >= 0.3 is 12.3 Å². The summed E-state index contributed by atoms with van der Waals surface area (Å²) in [5.41, 5.74) is -0.418. The van der Waals surface area contributed by atoms with Gasteiger partial charge in [-0.15, -0.1) is 0 Å². The van der Waals surface area contributed by atoms with E-state index in [9.17, 15) is 32.3 Å². The Morgan fingerprint density at radius 3 is 2.62 bits per heavy atom. The van der Waals surface area contributed by atoms with Gasteiger partial charge in [0.25, 0.3) is 5.91 Å². The van der Waals surface area contributed by atoms with Gasteiger partial charge in [-0.25, -0.2) is 9.18 Å². The lowest BCUT2D eigenvalue weighted by atomic mass is 9.89. The van der Waals surface area contributed by atoms with Crippen molar-refractivity contribution in [1.29, 1.82) is 0 Å². The molecule has 14 heteroatoms. The highest BCUT2D eigenvalue weighted by atomic mass is 19.4. The average Bonchev–Trinajstić information content (AvgIpc) is 3.41. The molecule has 1 aliphatic heterocycles. The van der Waals surface area contributed by atoms with E-state index in [2.05, 4.69) is 15.7 Å². The summed E-state index contributed by atoms with van der Waals surface area (Å²) in [7, 11) is 1.40. The maximum Gasteiger partial charge on any atom is 0.435 e. The van der Waals surface area contributed by atoms with Gasteiger partial charge in [-0.1, -0.05) is 12.1 Å². The van der Waals surface area contributed by atoms with E-state index in [1.54, 1.807) is 0 Å². The smallest absolute Gasteiger partial charge is 0.435 e. The van der Waals surface area contributed by atoms with Crippen LogP contribution in [0.1, 0.15) is 64.6 Å². The molecule has 2 aliphatic rings. The molecule has 2 N–H and O–H groups in total. The highest BCUT2D eigenvalue weighted by Gasteiger charge is 2.40. The largest absolute Gasteiger partial charge is 0.446 e. The van der Waals surface area contributed by atoms with Crippen molar-refractivity contribution < 1.29 is 41.5 Å². The molecule has 2 heterocycles. The van der Waals surface area contributed by atoms with Crippen LogP contribution in [0.3, 0.4) is 0 Å². The van der Waals surface area contributed by atoms with Gasteiger partial charge in [-0.3, -0.25) is 14.3 Å². The van der Waals surface area contributed by atoms with Crippen LogP contribution >= 0.6 is 0 Å². The molecule has 39 heavy (non-hydrogen) atoms. The van der Waals surface area contributed by atoms with Crippen molar-refractivity contribution in [1.82, 2.24) is 25.3 Å². The number of aryl methyl sites for hydroxylation is 1. The molecule has 210 valence electrons. The first kappa shape index (κ1) is 28.0. The molecular formula is C25H27F4N5O5. The molecule has 1 unspecified atom stereocenters. The second kappa shape index (κ2) is 11.0. The lowest BCUT2D eigenvalue weighted by Crippen LogP contribution is -2.46. The Hall–Kier alpha value is -3.97. The zero-order valence-electron chi connectivity index (χ0n) is 21.2. The molecule has 1 atom stereocenters. The van der Waals surface area contributed by atoms with E-state index < -0.39 is 47.7 Å². The zero-order valence-corrected chi connectivity index (χ0v) is 21.2. The summed E-state index contributed by atoms with van der Waals surface area (Å²) in [5, 5.41) is 8.48. The molecule has 2 aromatic rings. The molecule has 1 saturated carbocycles. The minimum absolute atomic E-state index is 0.000811. The Morgan fingerprint density at radius 1 is 1.28 bits per heavy atom. The molecule has 0 spiro atoms. The van der Waals surface area contributed by atoms with Crippen LogP contribution in [0, 0.1) is 12.7 Å². The van der Waals surface area contributed by atoms with Gasteiger partial charge in [0.05, 0.1) is 11.6 Å². The number of carbonyl (C=O) groups is 4. The summed E-state index contributed by atoms with van der Waals surface area (Å²) in [6.07, 6.45) is -4.59. The number of halogens is 4. The first-order valence-electron chi connectivity index (χ1n) is 12.3. The van der Waals surface area contributed by atoms with Gasteiger partial charge in [0, 0.05) is 50.7 Å². The van der Waals surface area contributed by atoms with Crippen molar-refractivity contribution in [2.24, 2.45) is 0 Å². The number of hydrogen-bond donors (Lipinski definition) is 2. The summed E-state index contributed by atoms with van der Waals surface area (Å²) in [5.74, 6) is -1.98. The van der Waals surface area contributed by atoms with Crippen molar-refractivity contribution in [3.8, 4) is 0 Å². The third-order valence-electron chi connectivity index (χ3n) is 6.93. The monoisotopic (exact) mass is 553 g/mol. The van der Waals surface area contributed by atoms with Crippen molar-refractivity contribution in [3.63, 3.8) is 0 Å². The number of alkyl halides is 3. The second-order valence-corrected chi connectivity index (χ2v) is 9.50. The predicted octanol–water partition coefficient (Wildman–Crippen LogP) is 3.03. The zero-order chi connectivity index (χ0) is 28.5. The lowest BCUT2D eigenvalue weighted by molar-refractivity contribution is -0.141. The van der Waals surface area contributed by atoms with Crippen LogP contribution in [0.5, 0.6) is 0 Å². The van der Waals surface area contributed by atoms with Crippen LogP contribution in [0.25, 0.3) is 0 Å². The van der Waals surface area contributed by atoms with Gasteiger partial charge in [-0.05, 0) is 25.0 Å². The number of hydrogen-bond acceptors (Lipinski definition) is 6. The van der Waals surface area contributed by atoms with Crippen molar-refractivity contribution in [2.45, 2.75) is 70.1 Å². The van der Waals surface area contributed by atoms with Gasteiger partial charge in [0.15, 0.2) is 5.69 Å². The number of aldehydes is 1. The molecule has 1 aromatic carbocycles. The molecule has 10 nitrogen and oxygen atoms in total. The first-order chi connectivity index (χ1) is 18.4. The average molecular weight is 554 g/mol. The molecule has 1 fully saturated rings. The molecule has 0 bridgehead atoms. The standard InChI is InChI=1S/C25H27F4N5O5/c1-13-8-19(25(27,28)29)32-34(13)16-9-17(10-16)39-24(38)31-11-14-5-6-15-12-33(23(37)20(15)21(14)26)18(4-3-7-35)22(36)30-2/h5-8,16-18H,3-4,9-12H2,1-2H3,(H,30,36)(H,31,38). The first-order valence-corrected chi connectivity index (χ1v) is 12.3. The van der Waals surface area contributed by atoms with Crippen LogP contribution in [0.2, 0.25) is 0 Å². The number of aromatic nitrogens is 2. The lowest BCUT2D eigenvalue weighted by Gasteiger charge is -2.35. The van der Waals surface area contributed by atoms with Gasteiger partial charge in [0.2, 0.25) is 5.91 Å². The van der Waals surface area contributed by atoms with E-state index in [0.717, 1.165) is 6.07 Å². The number of carbonyl (C=O) groups excluding carboxylic acids is 4. The number of alkyl carbamates (subject to hydrolysis) is 1. The van der Waals surface area contributed by atoms with Crippen molar-refractivity contribution in [3.05, 3.63) is 52.1 Å². The fraction of sp³-hybridized carbons (Fsp3) is 0.480. The van der Waals surface area contributed by atoms with E-state index in [1.807, 2.05) is 0 Å². The number of amides is 3. The number of nitrogens with one attached hydrogen (secondary N) is 2. The van der Waals surface area contributed by atoms with Crippen LogP contribution in [0.15, 0.2) is 18.2 Å². The number of benzene rings is 1.